The fourth-order valence-electron chi connectivity index (χ4n) is 1.82. The zero-order valence-corrected chi connectivity index (χ0v) is 14.0. The first-order valence-corrected chi connectivity index (χ1v) is 7.61. The number of carboxylic acids is 1. The molecule has 4 atom stereocenters. The van der Waals surface area contributed by atoms with Gasteiger partial charge in [-0.3, -0.25) is 4.79 Å². The molecule has 9 N–H and O–H groups in total. The maximum absolute atomic E-state index is 11.9. The molecule has 0 aromatic carbocycles. The van der Waals surface area contributed by atoms with Crippen LogP contribution in [0.5, 0.6) is 0 Å². The normalized spacial score (nSPS) is 15.5. The molecule has 13 nitrogen and oxygen atoms in total. The zero-order chi connectivity index (χ0) is 19.9. The van der Waals surface area contributed by atoms with Crippen LogP contribution in [0.4, 0.5) is 4.79 Å². The molecule has 0 saturated heterocycles. The van der Waals surface area contributed by atoms with Crippen LogP contribution in [0.3, 0.4) is 0 Å². The molecule has 0 spiro atoms. The fraction of sp³-hybridized carbons (Fsp3) is 0.615. The maximum Gasteiger partial charge on any atom is 0.328 e. The number of nitrogens with zero attached hydrogens (tertiary/aromatic N) is 2. The van der Waals surface area contributed by atoms with Crippen molar-refractivity contribution in [2.75, 3.05) is 6.61 Å². The van der Waals surface area contributed by atoms with E-state index in [2.05, 4.69) is 15.5 Å². The van der Waals surface area contributed by atoms with Gasteiger partial charge in [0.25, 0.3) is 0 Å². The zero-order valence-electron chi connectivity index (χ0n) is 14.0. The SMILES string of the molecule is CC(O)C(N)c1nnc([C@H](CCC(N)=O)NC(=O)N[C@@H](CO)C(=O)O)o1. The second kappa shape index (κ2) is 9.65. The Kier molecular flexibility index (Phi) is 7.89. The summed E-state index contributed by atoms with van der Waals surface area (Å²) in [4.78, 5) is 33.8. The second-order valence-electron chi connectivity index (χ2n) is 5.49. The van der Waals surface area contributed by atoms with Crippen molar-refractivity contribution in [1.29, 1.82) is 0 Å². The minimum absolute atomic E-state index is 0.00876. The molecule has 26 heavy (non-hydrogen) atoms. The van der Waals surface area contributed by atoms with E-state index in [-0.39, 0.29) is 24.6 Å². The number of amides is 3. The smallest absolute Gasteiger partial charge is 0.328 e. The third-order valence-corrected chi connectivity index (χ3v) is 3.33. The Morgan fingerprint density at radius 2 is 1.85 bits per heavy atom. The summed E-state index contributed by atoms with van der Waals surface area (Å²) in [5, 5.41) is 39.0. The molecule has 1 aromatic rings. The molecule has 1 rings (SSSR count). The number of aliphatic hydroxyl groups is 2. The molecule has 146 valence electrons. The largest absolute Gasteiger partial charge is 0.480 e. The highest BCUT2D eigenvalue weighted by atomic mass is 16.4. The number of nitrogens with one attached hydrogen (secondary N) is 2. The minimum Gasteiger partial charge on any atom is -0.480 e. The summed E-state index contributed by atoms with van der Waals surface area (Å²) in [6, 6.07) is -4.39. The van der Waals surface area contributed by atoms with Crippen molar-refractivity contribution in [3.8, 4) is 0 Å². The van der Waals surface area contributed by atoms with Crippen LogP contribution in [0.2, 0.25) is 0 Å². The summed E-state index contributed by atoms with van der Waals surface area (Å²) in [6.45, 7) is 0.606. The summed E-state index contributed by atoms with van der Waals surface area (Å²) in [7, 11) is 0. The number of hydrogen-bond donors (Lipinski definition) is 7. The van der Waals surface area contributed by atoms with Crippen molar-refractivity contribution in [2.45, 2.75) is 44.0 Å². The lowest BCUT2D eigenvalue weighted by Crippen LogP contribution is -2.48. The van der Waals surface area contributed by atoms with Crippen molar-refractivity contribution in [3.63, 3.8) is 0 Å². The maximum atomic E-state index is 11.9. The number of aliphatic carboxylic acids is 1. The third kappa shape index (κ3) is 6.27. The molecular formula is C13H22N6O7. The van der Waals surface area contributed by atoms with Crippen LogP contribution in [0.1, 0.15) is 43.6 Å². The van der Waals surface area contributed by atoms with Gasteiger partial charge in [0.05, 0.1) is 12.7 Å². The van der Waals surface area contributed by atoms with Gasteiger partial charge in [0.2, 0.25) is 17.7 Å². The van der Waals surface area contributed by atoms with E-state index in [0.29, 0.717) is 0 Å². The van der Waals surface area contributed by atoms with Crippen molar-refractivity contribution in [1.82, 2.24) is 20.8 Å². The molecule has 1 aromatic heterocycles. The van der Waals surface area contributed by atoms with E-state index >= 15 is 0 Å². The number of aromatic nitrogens is 2. The number of carboxylic acid groups (broad SMARTS) is 1. The van der Waals surface area contributed by atoms with Crippen LogP contribution in [0, 0.1) is 0 Å². The molecule has 0 aliphatic rings. The standard InChI is InChI=1S/C13H22N6O7/c1-5(21)9(15)11-19-18-10(26-11)6(2-3-8(14)22)16-13(25)17-7(4-20)12(23)24/h5-7,9,20-21H,2-4,15H2,1H3,(H2,14,22)(H,23,24)(H2,16,17,25)/t5?,6-,7-,9?/m0/s1. The molecule has 0 radical (unpaired) electrons. The summed E-state index contributed by atoms with van der Waals surface area (Å²) in [6.07, 6.45) is -1.11. The Labute approximate surface area is 147 Å². The minimum atomic E-state index is -1.52. The average molecular weight is 374 g/mol. The predicted octanol–water partition coefficient (Wildman–Crippen LogP) is -2.50. The number of nitrogens with two attached hydrogens (primary N) is 2. The van der Waals surface area contributed by atoms with Crippen molar-refractivity contribution in [2.24, 2.45) is 11.5 Å². The van der Waals surface area contributed by atoms with Crippen LogP contribution in [-0.4, -0.2) is 62.2 Å². The first-order valence-electron chi connectivity index (χ1n) is 7.61. The summed E-state index contributed by atoms with van der Waals surface area (Å²) in [5.74, 6) is -2.26. The molecule has 13 heteroatoms. The predicted molar refractivity (Wildman–Crippen MR) is 84.3 cm³/mol. The Hall–Kier alpha value is -2.77. The summed E-state index contributed by atoms with van der Waals surface area (Å²) >= 11 is 0. The quantitative estimate of drug-likeness (QED) is 0.228. The Bertz CT molecular complexity index is 634. The first kappa shape index (κ1) is 21.3. The highest BCUT2D eigenvalue weighted by molar-refractivity contribution is 5.82. The molecule has 2 unspecified atom stereocenters. The average Bonchev–Trinajstić information content (AvgIpc) is 3.04. The highest BCUT2D eigenvalue weighted by Crippen LogP contribution is 2.20. The molecule has 3 amide bonds. The number of carbonyl (C=O) groups excluding carboxylic acids is 2. The van der Waals surface area contributed by atoms with E-state index in [1.165, 1.54) is 6.92 Å². The number of carbonyl (C=O) groups is 3. The van der Waals surface area contributed by atoms with Gasteiger partial charge < -0.3 is 41.8 Å². The monoisotopic (exact) mass is 374 g/mol. The lowest BCUT2D eigenvalue weighted by Gasteiger charge is -2.17. The Balaban J connectivity index is 2.89. The summed E-state index contributed by atoms with van der Waals surface area (Å²) < 4.78 is 5.31. The van der Waals surface area contributed by atoms with Gasteiger partial charge in [0.1, 0.15) is 12.1 Å². The molecule has 0 saturated carbocycles. The molecule has 0 bridgehead atoms. The molecular weight excluding hydrogens is 352 g/mol. The van der Waals surface area contributed by atoms with Crippen molar-refractivity contribution < 1.29 is 34.1 Å². The van der Waals surface area contributed by atoms with Crippen LogP contribution >= 0.6 is 0 Å². The number of aliphatic hydroxyl groups excluding tert-OH is 2. The van der Waals surface area contributed by atoms with Gasteiger partial charge >= 0.3 is 12.0 Å². The van der Waals surface area contributed by atoms with Crippen molar-refractivity contribution >= 4 is 17.9 Å². The van der Waals surface area contributed by atoms with Gasteiger partial charge in [-0.05, 0) is 13.3 Å². The highest BCUT2D eigenvalue weighted by Gasteiger charge is 2.26. The van der Waals surface area contributed by atoms with Gasteiger partial charge in [0, 0.05) is 6.42 Å². The van der Waals surface area contributed by atoms with Crippen LogP contribution < -0.4 is 22.1 Å². The Morgan fingerprint density at radius 3 is 2.35 bits per heavy atom. The first-order chi connectivity index (χ1) is 12.1. The number of urea groups is 1. The molecule has 0 fully saturated rings. The van der Waals surface area contributed by atoms with E-state index in [0.717, 1.165) is 0 Å². The lowest BCUT2D eigenvalue weighted by atomic mass is 10.1. The number of hydrogen-bond acceptors (Lipinski definition) is 9. The van der Waals surface area contributed by atoms with E-state index in [4.69, 9.17) is 26.1 Å². The van der Waals surface area contributed by atoms with E-state index in [1.54, 1.807) is 0 Å². The third-order valence-electron chi connectivity index (χ3n) is 3.33. The van der Waals surface area contributed by atoms with Gasteiger partial charge in [-0.15, -0.1) is 10.2 Å². The molecule has 0 aliphatic heterocycles. The summed E-state index contributed by atoms with van der Waals surface area (Å²) in [5.41, 5.74) is 10.8. The van der Waals surface area contributed by atoms with Crippen LogP contribution in [-0.2, 0) is 9.59 Å². The van der Waals surface area contributed by atoms with E-state index in [9.17, 15) is 19.5 Å². The lowest BCUT2D eigenvalue weighted by molar-refractivity contribution is -0.140. The van der Waals surface area contributed by atoms with Crippen molar-refractivity contribution in [3.05, 3.63) is 11.8 Å². The number of primary amides is 1. The van der Waals surface area contributed by atoms with E-state index in [1.807, 2.05) is 5.32 Å². The van der Waals surface area contributed by atoms with Gasteiger partial charge in [-0.25, -0.2) is 9.59 Å². The van der Waals surface area contributed by atoms with Crippen LogP contribution in [0.15, 0.2) is 4.42 Å². The van der Waals surface area contributed by atoms with E-state index < -0.39 is 48.7 Å². The fourth-order valence-corrected chi connectivity index (χ4v) is 1.82. The Morgan fingerprint density at radius 1 is 1.23 bits per heavy atom. The van der Waals surface area contributed by atoms with Gasteiger partial charge in [-0.1, -0.05) is 0 Å². The molecule has 0 aliphatic carbocycles. The van der Waals surface area contributed by atoms with Gasteiger partial charge in [0.15, 0.2) is 6.04 Å². The van der Waals surface area contributed by atoms with Gasteiger partial charge in [-0.2, -0.15) is 0 Å². The topological polar surface area (TPSA) is 227 Å². The second-order valence-corrected chi connectivity index (χ2v) is 5.49. The van der Waals surface area contributed by atoms with Crippen LogP contribution in [0.25, 0.3) is 0 Å². The molecule has 1 heterocycles. The number of rotatable bonds is 10.